The Morgan fingerprint density at radius 2 is 1.64 bits per heavy atom. The second-order valence-electron chi connectivity index (χ2n) is 11.5. The summed E-state index contributed by atoms with van der Waals surface area (Å²) in [6.45, 7) is 7.33. The number of carbonyl (C=O) groups excluding carboxylic acids is 3. The molecule has 5 rings (SSSR count). The highest BCUT2D eigenvalue weighted by molar-refractivity contribution is 5.99. The summed E-state index contributed by atoms with van der Waals surface area (Å²) in [5.41, 5.74) is 1.88. The molecule has 36 heavy (non-hydrogen) atoms. The molecule has 0 unspecified atom stereocenters. The fourth-order valence-electron chi connectivity index (χ4n) is 6.75. The highest BCUT2D eigenvalue weighted by Gasteiger charge is 2.49. The monoisotopic (exact) mass is 495 g/mol. The van der Waals surface area contributed by atoms with Crippen LogP contribution in [-0.4, -0.2) is 77.9 Å². The van der Waals surface area contributed by atoms with Gasteiger partial charge in [0.1, 0.15) is 18.7 Å². The highest BCUT2D eigenvalue weighted by atomic mass is 16.5. The van der Waals surface area contributed by atoms with Gasteiger partial charge in [-0.3, -0.25) is 14.4 Å². The molecule has 3 atom stereocenters. The fraction of sp³-hybridized carbons (Fsp3) is 0.690. The van der Waals surface area contributed by atoms with Gasteiger partial charge in [-0.1, -0.05) is 31.4 Å². The number of carbonyl (C=O) groups is 3. The highest BCUT2D eigenvalue weighted by Crippen LogP contribution is 2.32. The molecule has 1 saturated carbocycles. The number of ether oxygens (including phenoxy) is 1. The van der Waals surface area contributed by atoms with E-state index in [0.717, 1.165) is 51.6 Å². The molecule has 2 amide bonds. The molecule has 4 aliphatic rings. The molecule has 3 saturated heterocycles. The van der Waals surface area contributed by atoms with Crippen molar-refractivity contribution in [3.8, 4) is 0 Å². The number of amides is 2. The molecule has 0 aromatic heterocycles. The predicted molar refractivity (Wildman–Crippen MR) is 138 cm³/mol. The standard InChI is InChI=1S/C29H41N3O4/c1-19(2)31-15-12-21(13-16-31)20-8-10-23(11-9-20)28(34)30-26(22-6-4-3-5-7-22)29(35)32-17-14-25-27(32)24(33)18-36-25/h8-11,19,21-22,25-27H,3-7,12-18H2,1-2H3,(H,30,34)/t25-,26+,27+/m1/s1. The van der Waals surface area contributed by atoms with Crippen LogP contribution in [0, 0.1) is 5.92 Å². The topological polar surface area (TPSA) is 79.0 Å². The van der Waals surface area contributed by atoms with E-state index in [2.05, 4.69) is 36.2 Å². The number of benzene rings is 1. The Morgan fingerprint density at radius 1 is 0.944 bits per heavy atom. The number of fused-ring (bicyclic) bond motifs is 1. The summed E-state index contributed by atoms with van der Waals surface area (Å²) in [7, 11) is 0. The van der Waals surface area contributed by atoms with Gasteiger partial charge >= 0.3 is 0 Å². The van der Waals surface area contributed by atoms with Crippen LogP contribution in [0.25, 0.3) is 0 Å². The van der Waals surface area contributed by atoms with E-state index in [-0.39, 0.29) is 36.2 Å². The molecular weight excluding hydrogens is 454 g/mol. The first-order valence-electron chi connectivity index (χ1n) is 14.0. The number of piperidine rings is 1. The van der Waals surface area contributed by atoms with Gasteiger partial charge in [-0.2, -0.15) is 0 Å². The van der Waals surface area contributed by atoms with Crippen LogP contribution in [0.5, 0.6) is 0 Å². The molecule has 3 aliphatic heterocycles. The van der Waals surface area contributed by atoms with E-state index in [4.69, 9.17) is 4.74 Å². The molecule has 7 heteroatoms. The predicted octanol–water partition coefficient (Wildman–Crippen LogP) is 3.52. The first-order valence-corrected chi connectivity index (χ1v) is 14.0. The largest absolute Gasteiger partial charge is 0.368 e. The molecule has 0 radical (unpaired) electrons. The van der Waals surface area contributed by atoms with E-state index in [1.807, 2.05) is 12.1 Å². The third-order valence-electron chi connectivity index (χ3n) is 8.97. The van der Waals surface area contributed by atoms with Crippen LogP contribution in [0.15, 0.2) is 24.3 Å². The number of rotatable bonds is 6. The Hall–Kier alpha value is -2.25. The van der Waals surface area contributed by atoms with Gasteiger partial charge in [-0.25, -0.2) is 0 Å². The molecule has 1 aromatic carbocycles. The van der Waals surface area contributed by atoms with Crippen LogP contribution in [0.2, 0.25) is 0 Å². The van der Waals surface area contributed by atoms with E-state index in [1.54, 1.807) is 4.90 Å². The van der Waals surface area contributed by atoms with E-state index in [1.165, 1.54) is 12.0 Å². The average molecular weight is 496 g/mol. The zero-order valence-electron chi connectivity index (χ0n) is 21.8. The Kier molecular flexibility index (Phi) is 7.77. The number of nitrogens with one attached hydrogen (secondary N) is 1. The molecule has 4 fully saturated rings. The van der Waals surface area contributed by atoms with Crippen LogP contribution in [0.3, 0.4) is 0 Å². The number of hydrogen-bond donors (Lipinski definition) is 1. The van der Waals surface area contributed by atoms with E-state index in [9.17, 15) is 14.4 Å². The molecule has 0 bridgehead atoms. The third kappa shape index (κ3) is 5.23. The Labute approximate surface area is 214 Å². The average Bonchev–Trinajstić information content (AvgIpc) is 3.50. The molecule has 0 spiro atoms. The van der Waals surface area contributed by atoms with Gasteiger partial charge in [0.2, 0.25) is 5.91 Å². The minimum atomic E-state index is -0.593. The maximum atomic E-state index is 13.7. The van der Waals surface area contributed by atoms with Crippen molar-refractivity contribution in [3.63, 3.8) is 0 Å². The minimum Gasteiger partial charge on any atom is -0.368 e. The van der Waals surface area contributed by atoms with Crippen molar-refractivity contribution >= 4 is 17.6 Å². The molecule has 196 valence electrons. The Bertz CT molecular complexity index is 948. The molecule has 1 aromatic rings. The molecule has 1 aliphatic carbocycles. The summed E-state index contributed by atoms with van der Waals surface area (Å²) in [6, 6.07) is 7.49. The maximum absolute atomic E-state index is 13.7. The molecule has 1 N–H and O–H groups in total. The lowest BCUT2D eigenvalue weighted by Gasteiger charge is -2.35. The quantitative estimate of drug-likeness (QED) is 0.653. The normalized spacial score (nSPS) is 26.9. The van der Waals surface area contributed by atoms with Crippen LogP contribution in [0.1, 0.15) is 87.1 Å². The van der Waals surface area contributed by atoms with Gasteiger partial charge < -0.3 is 19.9 Å². The lowest BCUT2D eigenvalue weighted by Crippen LogP contribution is -2.55. The van der Waals surface area contributed by atoms with Crippen LogP contribution in [0.4, 0.5) is 0 Å². The lowest BCUT2D eigenvalue weighted by molar-refractivity contribution is -0.139. The van der Waals surface area contributed by atoms with E-state index in [0.29, 0.717) is 30.5 Å². The first kappa shape index (κ1) is 25.4. The summed E-state index contributed by atoms with van der Waals surface area (Å²) in [4.78, 5) is 43.7. The number of hydrogen-bond acceptors (Lipinski definition) is 5. The zero-order chi connectivity index (χ0) is 25.2. The molecule has 7 nitrogen and oxygen atoms in total. The summed E-state index contributed by atoms with van der Waals surface area (Å²) in [5.74, 6) is 0.300. The Morgan fingerprint density at radius 3 is 2.31 bits per heavy atom. The number of nitrogens with zero attached hydrogens (tertiary/aromatic N) is 2. The molecular formula is C29H41N3O4. The van der Waals surface area contributed by atoms with Crippen LogP contribution >= 0.6 is 0 Å². The van der Waals surface area contributed by atoms with Crippen molar-refractivity contribution in [2.24, 2.45) is 5.92 Å². The summed E-state index contributed by atoms with van der Waals surface area (Å²) >= 11 is 0. The van der Waals surface area contributed by atoms with Crippen molar-refractivity contribution in [2.45, 2.75) is 95.4 Å². The zero-order valence-corrected chi connectivity index (χ0v) is 21.8. The van der Waals surface area contributed by atoms with Crippen molar-refractivity contribution < 1.29 is 19.1 Å². The summed E-state index contributed by atoms with van der Waals surface area (Å²) in [6.07, 6.45) is 7.95. The van der Waals surface area contributed by atoms with Crippen molar-refractivity contribution in [1.29, 1.82) is 0 Å². The summed E-state index contributed by atoms with van der Waals surface area (Å²) < 4.78 is 5.59. The van der Waals surface area contributed by atoms with Gasteiger partial charge in [0.15, 0.2) is 5.78 Å². The minimum absolute atomic E-state index is 0.0191. The van der Waals surface area contributed by atoms with Crippen molar-refractivity contribution in [3.05, 3.63) is 35.4 Å². The van der Waals surface area contributed by atoms with Gasteiger partial charge in [0.25, 0.3) is 5.91 Å². The SMILES string of the molecule is CC(C)N1CCC(c2ccc(C(=O)N[C@H](C(=O)N3CC[C@H]4OCC(=O)[C@@H]43)C3CCCCC3)cc2)CC1. The second kappa shape index (κ2) is 11.0. The fourth-order valence-corrected chi connectivity index (χ4v) is 6.75. The van der Waals surface area contributed by atoms with Gasteiger partial charge in [-0.05, 0) is 88.6 Å². The molecule has 3 heterocycles. The number of likely N-dealkylation sites (tertiary alicyclic amines) is 2. The second-order valence-corrected chi connectivity index (χ2v) is 11.5. The number of Topliss-reactive ketones (excluding diaryl/α,β-unsaturated/α-hetero) is 1. The Balaban J connectivity index is 1.27. The number of ketones is 1. The van der Waals surface area contributed by atoms with E-state index >= 15 is 0 Å². The van der Waals surface area contributed by atoms with Gasteiger partial charge in [0, 0.05) is 18.2 Å². The van der Waals surface area contributed by atoms with Crippen molar-refractivity contribution in [1.82, 2.24) is 15.1 Å². The first-order chi connectivity index (χ1) is 17.4. The maximum Gasteiger partial charge on any atom is 0.251 e. The van der Waals surface area contributed by atoms with Crippen LogP contribution in [-0.2, 0) is 14.3 Å². The lowest BCUT2D eigenvalue weighted by atomic mass is 9.83. The van der Waals surface area contributed by atoms with Crippen molar-refractivity contribution in [2.75, 3.05) is 26.2 Å². The smallest absolute Gasteiger partial charge is 0.251 e. The summed E-state index contributed by atoms with van der Waals surface area (Å²) in [5, 5.41) is 3.10. The van der Waals surface area contributed by atoms with Crippen LogP contribution < -0.4 is 5.32 Å². The van der Waals surface area contributed by atoms with Gasteiger partial charge in [0.05, 0.1) is 6.10 Å². The third-order valence-corrected chi connectivity index (χ3v) is 8.97. The van der Waals surface area contributed by atoms with Gasteiger partial charge in [-0.15, -0.1) is 0 Å². The van der Waals surface area contributed by atoms with E-state index < -0.39 is 12.1 Å².